The molecule has 1 aliphatic heterocycles. The first-order valence-electron chi connectivity index (χ1n) is 8.38. The number of hydrogen-bond acceptors (Lipinski definition) is 5. The van der Waals surface area contributed by atoms with Crippen LogP contribution in [0.2, 0.25) is 0 Å². The van der Waals surface area contributed by atoms with Gasteiger partial charge in [0.2, 0.25) is 11.8 Å². The van der Waals surface area contributed by atoms with Crippen molar-refractivity contribution in [2.45, 2.75) is 45.3 Å². The quantitative estimate of drug-likeness (QED) is 0.841. The fourth-order valence-electron chi connectivity index (χ4n) is 2.85. The summed E-state index contributed by atoms with van der Waals surface area (Å²) in [6.45, 7) is 5.23. The van der Waals surface area contributed by atoms with E-state index in [2.05, 4.69) is 10.1 Å². The summed E-state index contributed by atoms with van der Waals surface area (Å²) in [6.07, 6.45) is 1.57. The highest BCUT2D eigenvalue weighted by molar-refractivity contribution is 5.76. The van der Waals surface area contributed by atoms with Crippen molar-refractivity contribution in [3.05, 3.63) is 47.6 Å². The van der Waals surface area contributed by atoms with E-state index in [0.717, 1.165) is 5.56 Å². The second-order valence-corrected chi connectivity index (χ2v) is 6.31. The first-order valence-corrected chi connectivity index (χ1v) is 8.38. The number of rotatable bonds is 5. The van der Waals surface area contributed by atoms with Gasteiger partial charge in [-0.1, -0.05) is 35.5 Å². The molecule has 3 rings (SSSR count). The number of ether oxygens (including phenoxy) is 1. The summed E-state index contributed by atoms with van der Waals surface area (Å²) in [5.41, 5.74) is 1.14. The molecule has 0 spiro atoms. The Morgan fingerprint density at radius 1 is 1.29 bits per heavy atom. The molecule has 6 heteroatoms. The summed E-state index contributed by atoms with van der Waals surface area (Å²) in [4.78, 5) is 18.7. The SMILES string of the molecule is C[C@H]1CN(C(=O)CCc2nc(Cc3ccccc3)no2)[C@@H](C)CO1. The van der Waals surface area contributed by atoms with E-state index in [1.807, 2.05) is 49.1 Å². The van der Waals surface area contributed by atoms with Crippen LogP contribution in [-0.4, -0.2) is 46.2 Å². The van der Waals surface area contributed by atoms with E-state index in [9.17, 15) is 4.79 Å². The molecule has 1 aromatic heterocycles. The first kappa shape index (κ1) is 16.6. The summed E-state index contributed by atoms with van der Waals surface area (Å²) in [6, 6.07) is 10.1. The largest absolute Gasteiger partial charge is 0.375 e. The minimum Gasteiger partial charge on any atom is -0.375 e. The number of aryl methyl sites for hydroxylation is 1. The van der Waals surface area contributed by atoms with E-state index in [1.165, 1.54) is 0 Å². The molecule has 2 heterocycles. The molecule has 1 fully saturated rings. The third kappa shape index (κ3) is 4.20. The van der Waals surface area contributed by atoms with Gasteiger partial charge in [-0.05, 0) is 19.4 Å². The van der Waals surface area contributed by atoms with Crippen molar-refractivity contribution in [2.75, 3.05) is 13.2 Å². The van der Waals surface area contributed by atoms with Crippen LogP contribution in [0.25, 0.3) is 0 Å². The van der Waals surface area contributed by atoms with Crippen LogP contribution in [0.3, 0.4) is 0 Å². The van der Waals surface area contributed by atoms with Crippen molar-refractivity contribution >= 4 is 5.91 Å². The molecular weight excluding hydrogens is 306 g/mol. The van der Waals surface area contributed by atoms with Crippen LogP contribution in [0.1, 0.15) is 37.5 Å². The summed E-state index contributed by atoms with van der Waals surface area (Å²) in [5, 5.41) is 4.00. The average molecular weight is 329 g/mol. The van der Waals surface area contributed by atoms with Crippen LogP contribution < -0.4 is 0 Å². The van der Waals surface area contributed by atoms with Crippen LogP contribution in [0, 0.1) is 0 Å². The fourth-order valence-corrected chi connectivity index (χ4v) is 2.85. The van der Waals surface area contributed by atoms with Gasteiger partial charge in [0, 0.05) is 25.8 Å². The van der Waals surface area contributed by atoms with Crippen molar-refractivity contribution < 1.29 is 14.1 Å². The van der Waals surface area contributed by atoms with E-state index in [0.29, 0.717) is 44.1 Å². The highest BCUT2D eigenvalue weighted by Gasteiger charge is 2.27. The van der Waals surface area contributed by atoms with E-state index >= 15 is 0 Å². The van der Waals surface area contributed by atoms with Gasteiger partial charge in [-0.3, -0.25) is 4.79 Å². The molecule has 2 atom stereocenters. The highest BCUT2D eigenvalue weighted by Crippen LogP contribution is 2.14. The summed E-state index contributed by atoms with van der Waals surface area (Å²) >= 11 is 0. The fraction of sp³-hybridized carbons (Fsp3) is 0.500. The Morgan fingerprint density at radius 3 is 2.88 bits per heavy atom. The van der Waals surface area contributed by atoms with Crippen LogP contribution in [0.5, 0.6) is 0 Å². The maximum absolute atomic E-state index is 12.4. The normalized spacial score (nSPS) is 21.0. The highest BCUT2D eigenvalue weighted by atomic mass is 16.5. The number of aromatic nitrogens is 2. The van der Waals surface area contributed by atoms with Gasteiger partial charge in [-0.2, -0.15) is 4.98 Å². The molecule has 1 saturated heterocycles. The van der Waals surface area contributed by atoms with Gasteiger partial charge in [-0.15, -0.1) is 0 Å². The van der Waals surface area contributed by atoms with Crippen LogP contribution in [0.15, 0.2) is 34.9 Å². The van der Waals surface area contributed by atoms with Crippen molar-refractivity contribution in [1.29, 1.82) is 0 Å². The number of morpholine rings is 1. The van der Waals surface area contributed by atoms with Gasteiger partial charge in [0.05, 0.1) is 18.8 Å². The third-order valence-electron chi connectivity index (χ3n) is 4.20. The van der Waals surface area contributed by atoms with Gasteiger partial charge in [0.1, 0.15) is 0 Å². The van der Waals surface area contributed by atoms with Crippen LogP contribution in [-0.2, 0) is 22.4 Å². The number of carbonyl (C=O) groups excluding carboxylic acids is 1. The lowest BCUT2D eigenvalue weighted by Gasteiger charge is -2.36. The van der Waals surface area contributed by atoms with E-state index in [4.69, 9.17) is 9.26 Å². The molecule has 0 unspecified atom stereocenters. The molecule has 24 heavy (non-hydrogen) atoms. The van der Waals surface area contributed by atoms with E-state index < -0.39 is 0 Å². The Kier molecular flexibility index (Phi) is 5.25. The summed E-state index contributed by atoms with van der Waals surface area (Å²) in [5.74, 6) is 1.28. The molecule has 0 aliphatic carbocycles. The lowest BCUT2D eigenvalue weighted by Crippen LogP contribution is -2.50. The van der Waals surface area contributed by atoms with Gasteiger partial charge in [0.25, 0.3) is 0 Å². The Bertz CT molecular complexity index is 671. The molecule has 1 amide bonds. The zero-order valence-corrected chi connectivity index (χ0v) is 14.1. The van der Waals surface area contributed by atoms with Gasteiger partial charge < -0.3 is 14.2 Å². The Labute approximate surface area is 141 Å². The number of benzene rings is 1. The number of hydrogen-bond donors (Lipinski definition) is 0. The Balaban J connectivity index is 1.52. The average Bonchev–Trinajstić information content (AvgIpc) is 3.03. The second-order valence-electron chi connectivity index (χ2n) is 6.31. The van der Waals surface area contributed by atoms with Gasteiger partial charge in [-0.25, -0.2) is 0 Å². The second kappa shape index (κ2) is 7.57. The lowest BCUT2D eigenvalue weighted by atomic mass is 10.1. The molecule has 6 nitrogen and oxygen atoms in total. The maximum atomic E-state index is 12.4. The number of amides is 1. The summed E-state index contributed by atoms with van der Waals surface area (Å²) in [7, 11) is 0. The van der Waals surface area contributed by atoms with Crippen molar-refractivity contribution in [2.24, 2.45) is 0 Å². The maximum Gasteiger partial charge on any atom is 0.227 e. The van der Waals surface area contributed by atoms with Gasteiger partial charge in [0.15, 0.2) is 5.82 Å². The molecule has 2 aromatic rings. The predicted molar refractivity (Wildman–Crippen MR) is 88.5 cm³/mol. The molecule has 0 radical (unpaired) electrons. The Morgan fingerprint density at radius 2 is 2.08 bits per heavy atom. The molecule has 0 N–H and O–H groups in total. The monoisotopic (exact) mass is 329 g/mol. The smallest absolute Gasteiger partial charge is 0.227 e. The predicted octanol–water partition coefficient (Wildman–Crippen LogP) is 2.23. The lowest BCUT2D eigenvalue weighted by molar-refractivity contribution is -0.143. The third-order valence-corrected chi connectivity index (χ3v) is 4.20. The van der Waals surface area contributed by atoms with Gasteiger partial charge >= 0.3 is 0 Å². The van der Waals surface area contributed by atoms with Crippen molar-refractivity contribution in [3.63, 3.8) is 0 Å². The standard InChI is InChI=1S/C18H23N3O3/c1-13-12-23-14(2)11-21(13)18(22)9-8-17-19-16(20-24-17)10-15-6-4-3-5-7-15/h3-7,13-14H,8-12H2,1-2H3/t13-,14-/m0/s1. The minimum atomic E-state index is 0.0889. The van der Waals surface area contributed by atoms with Crippen LogP contribution in [0.4, 0.5) is 0 Å². The molecule has 0 saturated carbocycles. The minimum absolute atomic E-state index is 0.0889. The first-order chi connectivity index (χ1) is 11.6. The van der Waals surface area contributed by atoms with Crippen molar-refractivity contribution in [3.8, 4) is 0 Å². The Hall–Kier alpha value is -2.21. The molecule has 1 aromatic carbocycles. The van der Waals surface area contributed by atoms with Crippen molar-refractivity contribution in [1.82, 2.24) is 15.0 Å². The van der Waals surface area contributed by atoms with E-state index in [1.54, 1.807) is 0 Å². The summed E-state index contributed by atoms with van der Waals surface area (Å²) < 4.78 is 10.8. The topological polar surface area (TPSA) is 68.5 Å². The zero-order chi connectivity index (χ0) is 16.9. The van der Waals surface area contributed by atoms with Crippen LogP contribution >= 0.6 is 0 Å². The molecule has 128 valence electrons. The number of carbonyl (C=O) groups is 1. The molecule has 0 bridgehead atoms. The zero-order valence-electron chi connectivity index (χ0n) is 14.1. The number of nitrogens with zero attached hydrogens (tertiary/aromatic N) is 3. The molecular formula is C18H23N3O3. The molecule has 1 aliphatic rings. The van der Waals surface area contributed by atoms with E-state index in [-0.39, 0.29) is 18.1 Å².